The van der Waals surface area contributed by atoms with Gasteiger partial charge in [0.15, 0.2) is 9.84 Å². The Hall–Kier alpha value is -1.70. The minimum Gasteiger partial charge on any atom is -0.374 e. The number of rotatable bonds is 8. The molecule has 0 aliphatic heterocycles. The first kappa shape index (κ1) is 18.6. The molecule has 1 heterocycles. The van der Waals surface area contributed by atoms with E-state index in [1.165, 1.54) is 17.0 Å². The van der Waals surface area contributed by atoms with Crippen molar-refractivity contribution in [1.29, 1.82) is 0 Å². The Balaban J connectivity index is 1.85. The molecule has 1 aromatic heterocycles. The third-order valence-electron chi connectivity index (χ3n) is 3.55. The quantitative estimate of drug-likeness (QED) is 0.779. The predicted molar refractivity (Wildman–Crippen MR) is 94.9 cm³/mol. The summed E-state index contributed by atoms with van der Waals surface area (Å²) in [7, 11) is -1.85. The fourth-order valence-electron chi connectivity index (χ4n) is 2.19. The Labute approximate surface area is 146 Å². The minimum absolute atomic E-state index is 0.0723. The van der Waals surface area contributed by atoms with Crippen LogP contribution in [0.4, 0.5) is 0 Å². The molecule has 1 atom stereocenters. The number of sulfone groups is 1. The number of hydrogen-bond acceptors (Lipinski definition) is 5. The second-order valence-corrected chi connectivity index (χ2v) is 8.79. The first-order chi connectivity index (χ1) is 11.4. The molecule has 1 aromatic carbocycles. The maximum Gasteiger partial charge on any atom is 0.221 e. The van der Waals surface area contributed by atoms with Gasteiger partial charge in [-0.3, -0.25) is 4.79 Å². The minimum atomic E-state index is -3.44. The van der Waals surface area contributed by atoms with Crippen molar-refractivity contribution in [2.45, 2.75) is 24.3 Å². The van der Waals surface area contributed by atoms with Crippen LogP contribution in [-0.4, -0.2) is 33.7 Å². The molecule has 0 saturated heterocycles. The van der Waals surface area contributed by atoms with E-state index in [2.05, 4.69) is 5.32 Å². The topological polar surface area (TPSA) is 72.5 Å². The number of carbonyl (C=O) groups excluding carboxylic acids is 1. The van der Waals surface area contributed by atoms with Crippen LogP contribution in [0.5, 0.6) is 0 Å². The molecule has 24 heavy (non-hydrogen) atoms. The lowest BCUT2D eigenvalue weighted by Gasteiger charge is -2.14. The van der Waals surface area contributed by atoms with Crippen molar-refractivity contribution in [1.82, 2.24) is 5.32 Å². The summed E-state index contributed by atoms with van der Waals surface area (Å²) in [5.74, 6) is -0.511. The van der Waals surface area contributed by atoms with Crippen LogP contribution in [0.25, 0.3) is 0 Å². The molecule has 2 rings (SSSR count). The van der Waals surface area contributed by atoms with Gasteiger partial charge in [-0.2, -0.15) is 0 Å². The number of nitrogens with one attached hydrogen (secondary N) is 1. The molecule has 0 aliphatic rings. The summed E-state index contributed by atoms with van der Waals surface area (Å²) >= 11 is 1.61. The molecule has 0 bridgehead atoms. The normalized spacial score (nSPS) is 12.8. The Morgan fingerprint density at radius 2 is 1.92 bits per heavy atom. The lowest BCUT2D eigenvalue weighted by Crippen LogP contribution is -2.30. The van der Waals surface area contributed by atoms with E-state index in [9.17, 15) is 13.2 Å². The highest BCUT2D eigenvalue weighted by molar-refractivity contribution is 7.91. The third-order valence-corrected chi connectivity index (χ3v) is 6.37. The first-order valence-corrected chi connectivity index (χ1v) is 10.0. The van der Waals surface area contributed by atoms with E-state index in [0.717, 1.165) is 4.88 Å². The van der Waals surface area contributed by atoms with E-state index < -0.39 is 9.84 Å². The number of amides is 1. The lowest BCUT2D eigenvalue weighted by molar-refractivity contribution is -0.121. The molecule has 0 fully saturated rings. The molecule has 1 N–H and O–H groups in total. The standard InChI is InChI=1S/C17H21NO4S2/c1-13-8-9-16(23-13)15(22-2)12-18-17(19)10-11-24(20,21)14-6-4-3-5-7-14/h3-9,15H,10-12H2,1-2H3,(H,18,19)/t15-/m1/s1. The van der Waals surface area contributed by atoms with Gasteiger partial charge in [-0.25, -0.2) is 8.42 Å². The molecule has 0 unspecified atom stereocenters. The van der Waals surface area contributed by atoms with E-state index in [4.69, 9.17) is 4.74 Å². The maximum absolute atomic E-state index is 12.2. The molecule has 0 spiro atoms. The van der Waals surface area contributed by atoms with Crippen molar-refractivity contribution in [3.05, 3.63) is 52.2 Å². The van der Waals surface area contributed by atoms with Gasteiger partial charge in [0.25, 0.3) is 0 Å². The number of ether oxygens (including phenoxy) is 1. The summed E-state index contributed by atoms with van der Waals surface area (Å²) in [6, 6.07) is 12.1. The SMILES string of the molecule is CO[C@H](CNC(=O)CCS(=O)(=O)c1ccccc1)c1ccc(C)s1. The van der Waals surface area contributed by atoms with Crippen LogP contribution in [0.3, 0.4) is 0 Å². The average molecular weight is 367 g/mol. The summed E-state index contributed by atoms with van der Waals surface area (Å²) in [6.07, 6.45) is -0.296. The molecule has 5 nitrogen and oxygen atoms in total. The van der Waals surface area contributed by atoms with Gasteiger partial charge < -0.3 is 10.1 Å². The van der Waals surface area contributed by atoms with Gasteiger partial charge in [0.05, 0.1) is 10.6 Å². The Morgan fingerprint density at radius 1 is 1.21 bits per heavy atom. The van der Waals surface area contributed by atoms with Crippen molar-refractivity contribution in [3.8, 4) is 0 Å². The molecule has 7 heteroatoms. The zero-order valence-corrected chi connectivity index (χ0v) is 15.3. The smallest absolute Gasteiger partial charge is 0.221 e. The molecular weight excluding hydrogens is 346 g/mol. The third kappa shape index (κ3) is 5.15. The zero-order valence-electron chi connectivity index (χ0n) is 13.7. The molecular formula is C17H21NO4S2. The van der Waals surface area contributed by atoms with Crippen molar-refractivity contribution in [3.63, 3.8) is 0 Å². The Bertz CT molecular complexity index is 769. The number of carbonyl (C=O) groups is 1. The van der Waals surface area contributed by atoms with Gasteiger partial charge in [0, 0.05) is 29.8 Å². The maximum atomic E-state index is 12.2. The van der Waals surface area contributed by atoms with Crippen LogP contribution < -0.4 is 5.32 Å². The number of benzene rings is 1. The number of thiophene rings is 1. The van der Waals surface area contributed by atoms with E-state index in [1.807, 2.05) is 19.1 Å². The Morgan fingerprint density at radius 3 is 2.50 bits per heavy atom. The van der Waals surface area contributed by atoms with Crippen LogP contribution in [0.15, 0.2) is 47.4 Å². The van der Waals surface area contributed by atoms with Crippen LogP contribution in [-0.2, 0) is 19.4 Å². The van der Waals surface area contributed by atoms with Crippen molar-refractivity contribution >= 4 is 27.1 Å². The monoisotopic (exact) mass is 367 g/mol. The highest BCUT2D eigenvalue weighted by Gasteiger charge is 2.18. The van der Waals surface area contributed by atoms with Gasteiger partial charge in [0.1, 0.15) is 6.10 Å². The largest absolute Gasteiger partial charge is 0.374 e. The molecule has 2 aromatic rings. The zero-order chi connectivity index (χ0) is 17.6. The molecule has 1 amide bonds. The van der Waals surface area contributed by atoms with E-state index in [0.29, 0.717) is 6.54 Å². The number of aryl methyl sites for hydroxylation is 1. The van der Waals surface area contributed by atoms with Gasteiger partial charge in [-0.05, 0) is 31.2 Å². The summed E-state index contributed by atoms with van der Waals surface area (Å²) in [5, 5.41) is 2.74. The molecule has 0 saturated carbocycles. The summed E-state index contributed by atoms with van der Waals surface area (Å²) in [4.78, 5) is 14.4. The first-order valence-electron chi connectivity index (χ1n) is 7.56. The fraction of sp³-hybridized carbons (Fsp3) is 0.353. The predicted octanol–water partition coefficient (Wildman–Crippen LogP) is 2.72. The fourth-order valence-corrected chi connectivity index (χ4v) is 4.41. The summed E-state index contributed by atoms with van der Waals surface area (Å²) in [6.45, 7) is 2.33. The van der Waals surface area contributed by atoms with Crippen LogP contribution >= 0.6 is 11.3 Å². The van der Waals surface area contributed by atoms with E-state index in [-0.39, 0.29) is 29.1 Å². The second-order valence-electron chi connectivity index (χ2n) is 5.36. The highest BCUT2D eigenvalue weighted by atomic mass is 32.2. The number of hydrogen-bond donors (Lipinski definition) is 1. The second kappa shape index (κ2) is 8.41. The van der Waals surface area contributed by atoms with Gasteiger partial charge in [-0.15, -0.1) is 11.3 Å². The summed E-state index contributed by atoms with van der Waals surface area (Å²) in [5.41, 5.74) is 0. The van der Waals surface area contributed by atoms with Crippen LogP contribution in [0.1, 0.15) is 22.3 Å². The van der Waals surface area contributed by atoms with Crippen molar-refractivity contribution in [2.75, 3.05) is 19.4 Å². The number of methoxy groups -OCH3 is 1. The van der Waals surface area contributed by atoms with Crippen molar-refractivity contribution < 1.29 is 17.9 Å². The van der Waals surface area contributed by atoms with Gasteiger partial charge in [-0.1, -0.05) is 18.2 Å². The van der Waals surface area contributed by atoms with Gasteiger partial charge >= 0.3 is 0 Å². The van der Waals surface area contributed by atoms with E-state index in [1.54, 1.807) is 36.6 Å². The lowest BCUT2D eigenvalue weighted by atomic mass is 10.3. The van der Waals surface area contributed by atoms with Crippen molar-refractivity contribution in [2.24, 2.45) is 0 Å². The van der Waals surface area contributed by atoms with Gasteiger partial charge in [0.2, 0.25) is 5.91 Å². The molecule has 130 valence electrons. The van der Waals surface area contributed by atoms with E-state index >= 15 is 0 Å². The Kier molecular flexibility index (Phi) is 6.53. The summed E-state index contributed by atoms with van der Waals surface area (Å²) < 4.78 is 29.7. The average Bonchev–Trinajstić information content (AvgIpc) is 3.01. The van der Waals surface area contributed by atoms with Crippen LogP contribution in [0.2, 0.25) is 0 Å². The molecule has 0 aliphatic carbocycles. The van der Waals surface area contributed by atoms with Crippen LogP contribution in [0, 0.1) is 6.92 Å². The highest BCUT2D eigenvalue weighted by Crippen LogP contribution is 2.24. The molecule has 0 radical (unpaired) electrons.